The molecule has 0 aliphatic heterocycles. The number of hydrogen-bond acceptors (Lipinski definition) is 2. The average molecular weight is 386 g/mol. The van der Waals surface area contributed by atoms with Gasteiger partial charge in [0.15, 0.2) is 0 Å². The molecule has 2 rings (SSSR count). The molecule has 0 N–H and O–H groups in total. The minimum Gasteiger partial charge on any atom is -0.458 e. The van der Waals surface area contributed by atoms with Gasteiger partial charge >= 0.3 is 5.97 Å². The Kier molecular flexibility index (Phi) is 5.85. The van der Waals surface area contributed by atoms with Crippen molar-refractivity contribution in [3.8, 4) is 0 Å². The third kappa shape index (κ3) is 5.20. The monoisotopic (exact) mass is 384 g/mol. The predicted molar refractivity (Wildman–Crippen MR) is 89.4 cm³/mol. The molecule has 108 valence electrons. The van der Waals surface area contributed by atoms with Crippen molar-refractivity contribution in [1.29, 1.82) is 0 Å². The highest BCUT2D eigenvalue weighted by Gasteiger charge is 2.01. The molecule has 2 aromatic carbocycles. The first-order valence-corrected chi connectivity index (χ1v) is 7.64. The lowest BCUT2D eigenvalue weighted by Gasteiger charge is -2.03. The zero-order chi connectivity index (χ0) is 15.2. The number of halogens is 3. The molecule has 0 aliphatic carbocycles. The van der Waals surface area contributed by atoms with Crippen LogP contribution in [0, 0.1) is 0 Å². The minimum absolute atomic E-state index is 0.226. The molecule has 0 atom stereocenters. The van der Waals surface area contributed by atoms with E-state index in [1.165, 1.54) is 6.08 Å². The Morgan fingerprint density at radius 1 is 1.14 bits per heavy atom. The van der Waals surface area contributed by atoms with E-state index in [-0.39, 0.29) is 6.61 Å². The second kappa shape index (κ2) is 7.64. The van der Waals surface area contributed by atoms with E-state index in [0.29, 0.717) is 10.0 Å². The van der Waals surface area contributed by atoms with Crippen molar-refractivity contribution in [3.63, 3.8) is 0 Å². The molecule has 0 saturated carbocycles. The maximum Gasteiger partial charge on any atom is 0.331 e. The van der Waals surface area contributed by atoms with E-state index in [9.17, 15) is 4.79 Å². The van der Waals surface area contributed by atoms with Gasteiger partial charge in [-0.25, -0.2) is 4.79 Å². The lowest BCUT2D eigenvalue weighted by atomic mass is 10.2. The van der Waals surface area contributed by atoms with Gasteiger partial charge in [-0.3, -0.25) is 0 Å². The molecule has 21 heavy (non-hydrogen) atoms. The predicted octanol–water partition coefficient (Wildman–Crippen LogP) is 5.51. The molecular formula is C16H11BrCl2O2. The third-order valence-electron chi connectivity index (χ3n) is 2.63. The van der Waals surface area contributed by atoms with E-state index >= 15 is 0 Å². The van der Waals surface area contributed by atoms with E-state index in [2.05, 4.69) is 15.9 Å². The number of carbonyl (C=O) groups is 1. The summed E-state index contributed by atoms with van der Waals surface area (Å²) in [6.45, 7) is 0.226. The maximum atomic E-state index is 11.6. The van der Waals surface area contributed by atoms with Crippen molar-refractivity contribution < 1.29 is 9.53 Å². The lowest BCUT2D eigenvalue weighted by Crippen LogP contribution is -2.00. The highest BCUT2D eigenvalue weighted by molar-refractivity contribution is 9.10. The Bertz CT molecular complexity index is 684. The van der Waals surface area contributed by atoms with Crippen LogP contribution >= 0.6 is 39.1 Å². The highest BCUT2D eigenvalue weighted by atomic mass is 79.9. The summed E-state index contributed by atoms with van der Waals surface area (Å²) in [5.41, 5.74) is 1.70. The Hall–Kier alpha value is -1.29. The number of hydrogen-bond donors (Lipinski definition) is 0. The van der Waals surface area contributed by atoms with Crippen molar-refractivity contribution in [2.24, 2.45) is 0 Å². The summed E-state index contributed by atoms with van der Waals surface area (Å²) >= 11 is 15.1. The maximum absolute atomic E-state index is 11.6. The molecule has 5 heteroatoms. The minimum atomic E-state index is -0.416. The number of ether oxygens (including phenoxy) is 1. The second-order valence-electron chi connectivity index (χ2n) is 4.24. The Morgan fingerprint density at radius 3 is 2.67 bits per heavy atom. The smallest absolute Gasteiger partial charge is 0.331 e. The van der Waals surface area contributed by atoms with Gasteiger partial charge < -0.3 is 4.74 Å². The molecule has 0 saturated heterocycles. The summed E-state index contributed by atoms with van der Waals surface area (Å²) in [5, 5.41) is 0.923. The fraction of sp³-hybridized carbons (Fsp3) is 0.0625. The topological polar surface area (TPSA) is 26.3 Å². The summed E-state index contributed by atoms with van der Waals surface area (Å²) in [6, 6.07) is 12.7. The van der Waals surface area contributed by atoms with Crippen LogP contribution in [-0.4, -0.2) is 5.97 Å². The molecule has 0 heterocycles. The molecule has 0 unspecified atom stereocenters. The van der Waals surface area contributed by atoms with Crippen molar-refractivity contribution in [1.82, 2.24) is 0 Å². The van der Waals surface area contributed by atoms with Crippen LogP contribution in [0.4, 0.5) is 0 Å². The molecule has 2 nitrogen and oxygen atoms in total. The molecule has 0 aliphatic rings. The lowest BCUT2D eigenvalue weighted by molar-refractivity contribution is -0.138. The fourth-order valence-corrected chi connectivity index (χ4v) is 2.36. The van der Waals surface area contributed by atoms with Crippen LogP contribution in [-0.2, 0) is 16.1 Å². The van der Waals surface area contributed by atoms with Crippen LogP contribution < -0.4 is 0 Å². The Morgan fingerprint density at radius 2 is 1.95 bits per heavy atom. The SMILES string of the molecule is O=C(/C=C/c1ccc(Cl)c(Cl)c1)OCc1cccc(Br)c1. The zero-order valence-corrected chi connectivity index (χ0v) is 14.0. The van der Waals surface area contributed by atoms with Crippen LogP contribution in [0.3, 0.4) is 0 Å². The second-order valence-corrected chi connectivity index (χ2v) is 5.97. The fourth-order valence-electron chi connectivity index (χ4n) is 1.61. The van der Waals surface area contributed by atoms with E-state index < -0.39 is 5.97 Å². The van der Waals surface area contributed by atoms with Crippen molar-refractivity contribution in [3.05, 3.63) is 74.2 Å². The summed E-state index contributed by atoms with van der Waals surface area (Å²) in [4.78, 5) is 11.6. The van der Waals surface area contributed by atoms with Gasteiger partial charge in [0.05, 0.1) is 10.0 Å². The standard InChI is InChI=1S/C16H11BrCl2O2/c17-13-3-1-2-12(8-13)10-21-16(20)7-5-11-4-6-14(18)15(19)9-11/h1-9H,10H2/b7-5+. The number of rotatable bonds is 4. The highest BCUT2D eigenvalue weighted by Crippen LogP contribution is 2.23. The van der Waals surface area contributed by atoms with Crippen LogP contribution in [0.5, 0.6) is 0 Å². The van der Waals surface area contributed by atoms with Gasteiger partial charge in [0.25, 0.3) is 0 Å². The number of esters is 1. The van der Waals surface area contributed by atoms with Gasteiger partial charge in [-0.15, -0.1) is 0 Å². The average Bonchev–Trinajstić information content (AvgIpc) is 2.46. The molecule has 0 amide bonds. The molecule has 0 fully saturated rings. The van der Waals surface area contributed by atoms with E-state index in [1.807, 2.05) is 24.3 Å². The molecule has 0 radical (unpaired) electrons. The van der Waals surface area contributed by atoms with Crippen LogP contribution in [0.2, 0.25) is 10.0 Å². The quantitative estimate of drug-likeness (QED) is 0.512. The zero-order valence-electron chi connectivity index (χ0n) is 10.9. The van der Waals surface area contributed by atoms with Gasteiger partial charge in [-0.05, 0) is 41.5 Å². The molecule has 0 aromatic heterocycles. The first kappa shape index (κ1) is 16.1. The van der Waals surface area contributed by atoms with Crippen LogP contribution in [0.25, 0.3) is 6.08 Å². The van der Waals surface area contributed by atoms with Gasteiger partial charge in [0.1, 0.15) is 6.61 Å². The van der Waals surface area contributed by atoms with Crippen LogP contribution in [0.1, 0.15) is 11.1 Å². The molecule has 0 bridgehead atoms. The van der Waals surface area contributed by atoms with Crippen molar-refractivity contribution in [2.45, 2.75) is 6.61 Å². The summed E-state index contributed by atoms with van der Waals surface area (Å²) in [5.74, 6) is -0.416. The van der Waals surface area contributed by atoms with Gasteiger partial charge in [-0.2, -0.15) is 0 Å². The Balaban J connectivity index is 1.92. The van der Waals surface area contributed by atoms with E-state index in [0.717, 1.165) is 15.6 Å². The number of benzene rings is 2. The Labute approximate surface area is 141 Å². The van der Waals surface area contributed by atoms with E-state index in [1.54, 1.807) is 24.3 Å². The molecule has 2 aromatic rings. The summed E-state index contributed by atoms with van der Waals surface area (Å²) in [6.07, 6.45) is 2.99. The molecular weight excluding hydrogens is 375 g/mol. The van der Waals surface area contributed by atoms with Gasteiger partial charge in [0.2, 0.25) is 0 Å². The summed E-state index contributed by atoms with van der Waals surface area (Å²) in [7, 11) is 0. The molecule has 0 spiro atoms. The van der Waals surface area contributed by atoms with Crippen molar-refractivity contribution >= 4 is 51.2 Å². The van der Waals surface area contributed by atoms with E-state index in [4.69, 9.17) is 27.9 Å². The third-order valence-corrected chi connectivity index (χ3v) is 3.86. The number of carbonyl (C=O) groups excluding carboxylic acids is 1. The van der Waals surface area contributed by atoms with Crippen LogP contribution in [0.15, 0.2) is 53.0 Å². The normalized spacial score (nSPS) is 10.8. The van der Waals surface area contributed by atoms with Gasteiger partial charge in [-0.1, -0.05) is 57.3 Å². The first-order chi connectivity index (χ1) is 10.0. The van der Waals surface area contributed by atoms with Gasteiger partial charge in [0, 0.05) is 10.5 Å². The van der Waals surface area contributed by atoms with Crippen molar-refractivity contribution in [2.75, 3.05) is 0 Å². The first-order valence-electron chi connectivity index (χ1n) is 6.09. The summed E-state index contributed by atoms with van der Waals surface area (Å²) < 4.78 is 6.10. The largest absolute Gasteiger partial charge is 0.458 e.